The van der Waals surface area contributed by atoms with Crippen molar-refractivity contribution in [3.8, 4) is 0 Å². The van der Waals surface area contributed by atoms with Gasteiger partial charge in [-0.25, -0.2) is 0 Å². The van der Waals surface area contributed by atoms with Gasteiger partial charge in [0.05, 0.1) is 0 Å². The molecule has 1 aromatic rings. The van der Waals surface area contributed by atoms with E-state index in [1.165, 1.54) is 80.4 Å². The van der Waals surface area contributed by atoms with Crippen molar-refractivity contribution in [3.63, 3.8) is 0 Å². The largest absolute Gasteiger partial charge is 0.371 e. The van der Waals surface area contributed by atoms with E-state index in [0.29, 0.717) is 11.3 Å². The van der Waals surface area contributed by atoms with Crippen LogP contribution in [0, 0.1) is 30.1 Å². The molecule has 2 heteroatoms. The summed E-state index contributed by atoms with van der Waals surface area (Å²) in [6, 6.07) is 7.01. The van der Waals surface area contributed by atoms with Crippen LogP contribution in [0.15, 0.2) is 35.8 Å². The molecule has 1 nitrogen and oxygen atoms in total. The number of hydrogen-bond acceptors (Lipinski definition) is 2. The number of rotatable bonds is 8. The van der Waals surface area contributed by atoms with Gasteiger partial charge in [-0.15, -0.1) is 11.8 Å². The molecule has 1 aliphatic carbocycles. The SMILES string of the molecule is C=C(c1ccc(CC(C)C)c(C)c1)N1CCC2(CC1)CC(CCC)CC(/C(=C/C)SC)C2. The van der Waals surface area contributed by atoms with Gasteiger partial charge in [0.1, 0.15) is 0 Å². The summed E-state index contributed by atoms with van der Waals surface area (Å²) in [5.74, 6) is 2.39. The first-order valence-electron chi connectivity index (χ1n) is 13.0. The minimum atomic E-state index is 0.542. The first-order valence-corrected chi connectivity index (χ1v) is 14.3. The van der Waals surface area contributed by atoms with Gasteiger partial charge in [0.15, 0.2) is 0 Å². The second-order valence-electron chi connectivity index (χ2n) is 11.1. The molecule has 0 radical (unpaired) electrons. The molecule has 0 amide bonds. The first-order chi connectivity index (χ1) is 15.3. The summed E-state index contributed by atoms with van der Waals surface area (Å²) >= 11 is 1.99. The van der Waals surface area contributed by atoms with E-state index in [0.717, 1.165) is 18.3 Å². The summed E-state index contributed by atoms with van der Waals surface area (Å²) in [5.41, 5.74) is 5.99. The van der Waals surface area contributed by atoms with Gasteiger partial charge in [0.2, 0.25) is 0 Å². The highest BCUT2D eigenvalue weighted by Gasteiger charge is 2.43. The van der Waals surface area contributed by atoms with Crippen LogP contribution in [-0.4, -0.2) is 24.2 Å². The van der Waals surface area contributed by atoms with Crippen LogP contribution in [0.4, 0.5) is 0 Å². The minimum Gasteiger partial charge on any atom is -0.371 e. The van der Waals surface area contributed by atoms with Crippen LogP contribution in [0.25, 0.3) is 5.70 Å². The Hall–Kier alpha value is -1.15. The zero-order valence-corrected chi connectivity index (χ0v) is 22.5. The number of nitrogens with zero attached hydrogens (tertiary/aromatic N) is 1. The average molecular weight is 454 g/mol. The fraction of sp³-hybridized carbons (Fsp3) is 0.667. The lowest BCUT2D eigenvalue weighted by Gasteiger charge is -2.50. The number of hydrogen-bond donors (Lipinski definition) is 0. The smallest absolute Gasteiger partial charge is 0.0366 e. The quantitative estimate of drug-likeness (QED) is 0.387. The van der Waals surface area contributed by atoms with E-state index in [4.69, 9.17) is 0 Å². The third kappa shape index (κ3) is 6.04. The molecule has 178 valence electrons. The Balaban J connectivity index is 1.68. The molecule has 2 aliphatic rings. The maximum atomic E-state index is 4.54. The lowest BCUT2D eigenvalue weighted by atomic mass is 9.60. The highest BCUT2D eigenvalue weighted by Crippen LogP contribution is 2.53. The number of thioether (sulfide) groups is 1. The molecule has 32 heavy (non-hydrogen) atoms. The van der Waals surface area contributed by atoms with Crippen LogP contribution < -0.4 is 0 Å². The predicted octanol–water partition coefficient (Wildman–Crippen LogP) is 8.73. The Kier molecular flexibility index (Phi) is 9.01. The van der Waals surface area contributed by atoms with E-state index in [1.807, 2.05) is 11.8 Å². The highest BCUT2D eigenvalue weighted by molar-refractivity contribution is 8.02. The molecule has 1 aliphatic heterocycles. The van der Waals surface area contributed by atoms with Crippen molar-refractivity contribution in [1.29, 1.82) is 0 Å². The third-order valence-corrected chi connectivity index (χ3v) is 9.19. The molecule has 0 N–H and O–H groups in total. The van der Waals surface area contributed by atoms with Crippen molar-refractivity contribution < 1.29 is 0 Å². The molecule has 2 atom stereocenters. The fourth-order valence-electron chi connectivity index (χ4n) is 6.54. The number of likely N-dealkylation sites (tertiary alicyclic amines) is 1. The Bertz CT molecular complexity index is 797. The first kappa shape index (κ1) is 25.5. The maximum Gasteiger partial charge on any atom is 0.0366 e. The summed E-state index contributed by atoms with van der Waals surface area (Å²) in [6.07, 6.45) is 15.5. The molecule has 1 saturated carbocycles. The maximum absolute atomic E-state index is 4.54. The predicted molar refractivity (Wildman–Crippen MR) is 145 cm³/mol. The average Bonchev–Trinajstić information content (AvgIpc) is 2.76. The van der Waals surface area contributed by atoms with E-state index < -0.39 is 0 Å². The molecule has 2 fully saturated rings. The Morgan fingerprint density at radius 3 is 2.53 bits per heavy atom. The van der Waals surface area contributed by atoms with Gasteiger partial charge in [0, 0.05) is 18.8 Å². The molecular formula is C30H47NS. The van der Waals surface area contributed by atoms with Crippen LogP contribution >= 0.6 is 11.8 Å². The van der Waals surface area contributed by atoms with Crippen molar-refractivity contribution in [1.82, 2.24) is 4.90 Å². The van der Waals surface area contributed by atoms with E-state index in [2.05, 4.69) is 76.6 Å². The summed E-state index contributed by atoms with van der Waals surface area (Å²) in [5, 5.41) is 0. The number of allylic oxidation sites excluding steroid dienone is 2. The van der Waals surface area contributed by atoms with E-state index in [9.17, 15) is 0 Å². The Morgan fingerprint density at radius 2 is 1.97 bits per heavy atom. The molecule has 2 unspecified atom stereocenters. The Morgan fingerprint density at radius 1 is 1.25 bits per heavy atom. The molecule has 3 rings (SSSR count). The lowest BCUT2D eigenvalue weighted by Crippen LogP contribution is -2.43. The summed E-state index contributed by atoms with van der Waals surface area (Å²) in [6.45, 7) is 18.3. The molecule has 0 aromatic heterocycles. The molecular weight excluding hydrogens is 406 g/mol. The normalized spacial score (nSPS) is 23.7. The number of piperidine rings is 1. The highest BCUT2D eigenvalue weighted by atomic mass is 32.2. The molecule has 1 spiro atoms. The van der Waals surface area contributed by atoms with Gasteiger partial charge >= 0.3 is 0 Å². The zero-order chi connectivity index (χ0) is 23.3. The third-order valence-electron chi connectivity index (χ3n) is 8.15. The topological polar surface area (TPSA) is 3.24 Å². The van der Waals surface area contributed by atoms with Gasteiger partial charge in [-0.2, -0.15) is 0 Å². The van der Waals surface area contributed by atoms with Crippen LogP contribution in [-0.2, 0) is 6.42 Å². The van der Waals surface area contributed by atoms with Gasteiger partial charge in [-0.3, -0.25) is 0 Å². The van der Waals surface area contributed by atoms with Crippen LogP contribution in [0.3, 0.4) is 0 Å². The molecule has 1 saturated heterocycles. The molecule has 1 aromatic carbocycles. The van der Waals surface area contributed by atoms with Crippen molar-refractivity contribution in [3.05, 3.63) is 52.4 Å². The van der Waals surface area contributed by atoms with Crippen LogP contribution in [0.5, 0.6) is 0 Å². The van der Waals surface area contributed by atoms with Gasteiger partial charge < -0.3 is 4.90 Å². The zero-order valence-electron chi connectivity index (χ0n) is 21.7. The monoisotopic (exact) mass is 453 g/mol. The standard InChI is InChI=1S/C30H47NS/c1-8-10-25-19-28(29(9-2)32-7)21-30(20-25)13-15-31(16-14-30)24(6)27-12-11-26(17-22(3)4)23(5)18-27/h9,11-12,18,22,25,28H,6,8,10,13-17,19-21H2,1-5,7H3/b29-9-. The molecule has 1 heterocycles. The fourth-order valence-corrected chi connectivity index (χ4v) is 7.29. The summed E-state index contributed by atoms with van der Waals surface area (Å²) in [4.78, 5) is 4.21. The summed E-state index contributed by atoms with van der Waals surface area (Å²) < 4.78 is 0. The number of benzene rings is 1. The van der Waals surface area contributed by atoms with Crippen molar-refractivity contribution >= 4 is 17.5 Å². The second-order valence-corrected chi connectivity index (χ2v) is 11.9. The van der Waals surface area contributed by atoms with Gasteiger partial charge in [-0.05, 0) is 109 Å². The van der Waals surface area contributed by atoms with Crippen molar-refractivity contribution in [2.24, 2.45) is 23.2 Å². The Labute approximate surface area is 203 Å². The van der Waals surface area contributed by atoms with Gasteiger partial charge in [0.25, 0.3) is 0 Å². The number of aryl methyl sites for hydroxylation is 1. The molecule has 0 bridgehead atoms. The van der Waals surface area contributed by atoms with Gasteiger partial charge in [-0.1, -0.05) is 58.4 Å². The van der Waals surface area contributed by atoms with Crippen molar-refractivity contribution in [2.45, 2.75) is 86.0 Å². The van der Waals surface area contributed by atoms with Crippen LogP contribution in [0.2, 0.25) is 0 Å². The van der Waals surface area contributed by atoms with Crippen LogP contribution in [0.1, 0.15) is 89.3 Å². The van der Waals surface area contributed by atoms with Crippen molar-refractivity contribution in [2.75, 3.05) is 19.3 Å². The lowest BCUT2D eigenvalue weighted by molar-refractivity contribution is 0.0431. The summed E-state index contributed by atoms with van der Waals surface area (Å²) in [7, 11) is 0. The van der Waals surface area contributed by atoms with E-state index in [1.54, 1.807) is 4.91 Å². The van der Waals surface area contributed by atoms with E-state index >= 15 is 0 Å². The minimum absolute atomic E-state index is 0.542. The van der Waals surface area contributed by atoms with E-state index in [-0.39, 0.29) is 0 Å². The second kappa shape index (κ2) is 11.3.